The smallest absolute Gasteiger partial charge is 0.266 e. The average Bonchev–Trinajstić information content (AvgIpc) is 2.78. The average molecular weight is 432 g/mol. The van der Waals surface area contributed by atoms with Crippen LogP contribution in [0.15, 0.2) is 47.5 Å². The highest BCUT2D eigenvalue weighted by atomic mass is 16.5. The lowest BCUT2D eigenvalue weighted by Gasteiger charge is -2.14. The van der Waals surface area contributed by atoms with E-state index >= 15 is 0 Å². The van der Waals surface area contributed by atoms with Crippen LogP contribution in [-0.2, 0) is 17.8 Å². The Hall–Kier alpha value is -4.12. The van der Waals surface area contributed by atoms with Crippen LogP contribution in [0.2, 0.25) is 0 Å². The van der Waals surface area contributed by atoms with Gasteiger partial charge in [-0.25, -0.2) is 0 Å². The topological polar surface area (TPSA) is 117 Å². The third-order valence-electron chi connectivity index (χ3n) is 5.11. The number of ether oxygens (including phenoxy) is 2. The van der Waals surface area contributed by atoms with Crippen LogP contribution in [0.4, 0.5) is 5.69 Å². The summed E-state index contributed by atoms with van der Waals surface area (Å²) in [4.78, 5) is 31.1. The zero-order valence-corrected chi connectivity index (χ0v) is 18.2. The molecular formula is C24H24N4O4. The number of pyridine rings is 2. The molecule has 0 aliphatic heterocycles. The first kappa shape index (κ1) is 22.6. The van der Waals surface area contributed by atoms with Crippen molar-refractivity contribution in [3.8, 4) is 17.6 Å². The molecule has 0 fully saturated rings. The van der Waals surface area contributed by atoms with Crippen LogP contribution in [0.1, 0.15) is 34.4 Å². The van der Waals surface area contributed by atoms with Crippen LogP contribution >= 0.6 is 0 Å². The number of aromatic nitrogens is 2. The number of aromatic amines is 1. The molecule has 8 heteroatoms. The van der Waals surface area contributed by atoms with Gasteiger partial charge in [0.2, 0.25) is 5.91 Å². The van der Waals surface area contributed by atoms with Gasteiger partial charge in [0, 0.05) is 36.3 Å². The van der Waals surface area contributed by atoms with E-state index in [1.54, 1.807) is 51.6 Å². The summed E-state index contributed by atoms with van der Waals surface area (Å²) < 4.78 is 11.2. The number of aryl methyl sites for hydroxylation is 1. The highest BCUT2D eigenvalue weighted by Gasteiger charge is 2.14. The lowest BCUT2D eigenvalue weighted by Crippen LogP contribution is -2.18. The Balaban J connectivity index is 1.68. The SMILES string of the molecule is COc1ccc(NC(=O)CCc2c(C)[nH]c(=O)c(C#N)c2C)cc1OCc1ccncc1. The molecule has 2 aromatic heterocycles. The summed E-state index contributed by atoms with van der Waals surface area (Å²) in [6.07, 6.45) is 3.98. The van der Waals surface area contributed by atoms with Gasteiger partial charge in [-0.1, -0.05) is 0 Å². The van der Waals surface area contributed by atoms with Gasteiger partial charge in [0.15, 0.2) is 11.5 Å². The van der Waals surface area contributed by atoms with Gasteiger partial charge >= 0.3 is 0 Å². The summed E-state index contributed by atoms with van der Waals surface area (Å²) in [6, 6.07) is 10.8. The van der Waals surface area contributed by atoms with Gasteiger partial charge in [0.1, 0.15) is 18.2 Å². The second-order valence-corrected chi connectivity index (χ2v) is 7.23. The van der Waals surface area contributed by atoms with Gasteiger partial charge in [-0.2, -0.15) is 5.26 Å². The number of rotatable bonds is 8. The largest absolute Gasteiger partial charge is 0.493 e. The van der Waals surface area contributed by atoms with E-state index in [0.717, 1.165) is 11.1 Å². The minimum Gasteiger partial charge on any atom is -0.493 e. The maximum atomic E-state index is 12.5. The Morgan fingerprint density at radius 2 is 1.94 bits per heavy atom. The highest BCUT2D eigenvalue weighted by molar-refractivity contribution is 5.91. The van der Waals surface area contributed by atoms with Gasteiger partial charge < -0.3 is 19.8 Å². The fourth-order valence-electron chi connectivity index (χ4n) is 3.39. The first-order valence-electron chi connectivity index (χ1n) is 10.0. The van der Waals surface area contributed by atoms with Gasteiger partial charge in [-0.05, 0) is 61.2 Å². The zero-order chi connectivity index (χ0) is 23.1. The lowest BCUT2D eigenvalue weighted by molar-refractivity contribution is -0.116. The van der Waals surface area contributed by atoms with Crippen LogP contribution in [0, 0.1) is 25.2 Å². The summed E-state index contributed by atoms with van der Waals surface area (Å²) >= 11 is 0. The maximum Gasteiger partial charge on any atom is 0.266 e. The van der Waals surface area contributed by atoms with Gasteiger partial charge in [0.25, 0.3) is 5.56 Å². The number of anilines is 1. The van der Waals surface area contributed by atoms with E-state index in [-0.39, 0.29) is 17.9 Å². The molecule has 2 N–H and O–H groups in total. The molecule has 1 amide bonds. The second kappa shape index (κ2) is 10.3. The fourth-order valence-corrected chi connectivity index (χ4v) is 3.39. The molecule has 0 aliphatic carbocycles. The molecule has 0 bridgehead atoms. The molecule has 0 unspecified atom stereocenters. The molecule has 164 valence electrons. The van der Waals surface area contributed by atoms with Crippen LogP contribution in [0.25, 0.3) is 0 Å². The zero-order valence-electron chi connectivity index (χ0n) is 18.2. The molecule has 0 aliphatic rings. The van der Waals surface area contributed by atoms with E-state index in [4.69, 9.17) is 9.47 Å². The Morgan fingerprint density at radius 1 is 1.19 bits per heavy atom. The Labute approximate surface area is 185 Å². The van der Waals surface area contributed by atoms with Crippen molar-refractivity contribution >= 4 is 11.6 Å². The first-order chi connectivity index (χ1) is 15.4. The molecule has 0 saturated carbocycles. The van der Waals surface area contributed by atoms with E-state index in [2.05, 4.69) is 15.3 Å². The van der Waals surface area contributed by atoms with Gasteiger partial charge in [0.05, 0.1) is 7.11 Å². The lowest BCUT2D eigenvalue weighted by atomic mass is 9.99. The number of amides is 1. The number of nitrogens with zero attached hydrogens (tertiary/aromatic N) is 2. The number of methoxy groups -OCH3 is 1. The quantitative estimate of drug-likeness (QED) is 0.563. The van der Waals surface area contributed by atoms with Crippen molar-refractivity contribution in [2.24, 2.45) is 0 Å². The number of nitriles is 1. The maximum absolute atomic E-state index is 12.5. The third kappa shape index (κ3) is 5.32. The monoisotopic (exact) mass is 432 g/mol. The van der Waals surface area contributed by atoms with Gasteiger partial charge in [-0.3, -0.25) is 14.6 Å². The van der Waals surface area contributed by atoms with Crippen LogP contribution < -0.4 is 20.3 Å². The summed E-state index contributed by atoms with van der Waals surface area (Å²) in [5, 5.41) is 12.1. The first-order valence-corrected chi connectivity index (χ1v) is 10.0. The summed E-state index contributed by atoms with van der Waals surface area (Å²) in [5.41, 5.74) is 3.28. The van der Waals surface area contributed by atoms with E-state index < -0.39 is 5.56 Å². The molecule has 0 saturated heterocycles. The van der Waals surface area contributed by atoms with Gasteiger partial charge in [-0.15, -0.1) is 0 Å². The van der Waals surface area contributed by atoms with Crippen molar-refractivity contribution in [3.63, 3.8) is 0 Å². The molecular weight excluding hydrogens is 408 g/mol. The molecule has 3 rings (SSSR count). The normalized spacial score (nSPS) is 10.3. The summed E-state index contributed by atoms with van der Waals surface area (Å²) in [5.74, 6) is 0.868. The second-order valence-electron chi connectivity index (χ2n) is 7.23. The molecule has 32 heavy (non-hydrogen) atoms. The van der Waals surface area contributed by atoms with Crippen molar-refractivity contribution in [1.82, 2.24) is 9.97 Å². The molecule has 0 spiro atoms. The van der Waals surface area contributed by atoms with Crippen LogP contribution in [-0.4, -0.2) is 23.0 Å². The van der Waals surface area contributed by atoms with E-state index in [1.165, 1.54) is 0 Å². The number of carbonyl (C=O) groups is 1. The fraction of sp³-hybridized carbons (Fsp3) is 0.250. The molecule has 3 aromatic rings. The van der Waals surface area contributed by atoms with Crippen molar-refractivity contribution in [2.45, 2.75) is 33.3 Å². The highest BCUT2D eigenvalue weighted by Crippen LogP contribution is 2.31. The molecule has 0 radical (unpaired) electrons. The number of carbonyl (C=O) groups excluding carboxylic acids is 1. The number of nitrogens with one attached hydrogen (secondary N) is 2. The standard InChI is InChI=1S/C24H24N4O4/c1-15-19(16(2)27-24(30)20(15)13-25)5-7-23(29)28-18-4-6-21(31-3)22(12-18)32-14-17-8-10-26-11-9-17/h4,6,8-12H,5,7,14H2,1-3H3,(H,27,30)(H,28,29). The van der Waals surface area contributed by atoms with E-state index in [1.807, 2.05) is 18.2 Å². The van der Waals surface area contributed by atoms with Crippen molar-refractivity contribution in [3.05, 3.63) is 81.0 Å². The summed E-state index contributed by atoms with van der Waals surface area (Å²) in [6.45, 7) is 3.82. The van der Waals surface area contributed by atoms with Crippen LogP contribution in [0.5, 0.6) is 11.5 Å². The third-order valence-corrected chi connectivity index (χ3v) is 5.11. The number of H-pyrrole nitrogens is 1. The van der Waals surface area contributed by atoms with Crippen molar-refractivity contribution < 1.29 is 14.3 Å². The van der Waals surface area contributed by atoms with E-state index in [9.17, 15) is 14.9 Å². The minimum absolute atomic E-state index is 0.0807. The molecule has 8 nitrogen and oxygen atoms in total. The predicted molar refractivity (Wildman–Crippen MR) is 120 cm³/mol. The number of benzene rings is 1. The van der Waals surface area contributed by atoms with Crippen LogP contribution in [0.3, 0.4) is 0 Å². The molecule has 1 aromatic carbocycles. The van der Waals surface area contributed by atoms with Crippen molar-refractivity contribution in [2.75, 3.05) is 12.4 Å². The minimum atomic E-state index is -0.409. The summed E-state index contributed by atoms with van der Waals surface area (Å²) in [7, 11) is 1.55. The Morgan fingerprint density at radius 3 is 2.62 bits per heavy atom. The molecule has 2 heterocycles. The Bertz CT molecular complexity index is 1210. The van der Waals surface area contributed by atoms with Crippen molar-refractivity contribution in [1.29, 1.82) is 5.26 Å². The number of hydrogen-bond acceptors (Lipinski definition) is 6. The predicted octanol–water partition coefficient (Wildman–Crippen LogP) is 3.42. The van der Waals surface area contributed by atoms with E-state index in [0.29, 0.717) is 41.5 Å². The number of hydrogen-bond donors (Lipinski definition) is 2. The molecule has 0 atom stereocenters. The Kier molecular flexibility index (Phi) is 7.24.